The Morgan fingerprint density at radius 2 is 1.58 bits per heavy atom. The number of carboxylic acids is 2. The molecular weight excluding hydrogens is 630 g/mol. The van der Waals surface area contributed by atoms with Gasteiger partial charge in [-0.25, -0.2) is 13.6 Å². The second kappa shape index (κ2) is 15.0. The Hall–Kier alpha value is -4.72. The van der Waals surface area contributed by atoms with E-state index in [1.54, 1.807) is 17.0 Å². The molecule has 2 saturated heterocycles. The summed E-state index contributed by atoms with van der Waals surface area (Å²) in [5.74, 6) is -4.99. The number of nitrogens with one attached hydrogen (secondary N) is 1. The number of carboxylic acid groups (broad SMARTS) is 2. The molecule has 2 fully saturated rings. The highest BCUT2D eigenvalue weighted by atomic mass is 19.1. The smallest absolute Gasteiger partial charge is 0.326 e. The van der Waals surface area contributed by atoms with Gasteiger partial charge in [0.25, 0.3) is 0 Å². The number of halogens is 2. The molecule has 2 unspecified atom stereocenters. The van der Waals surface area contributed by atoms with E-state index in [9.17, 15) is 33.1 Å². The van der Waals surface area contributed by atoms with Gasteiger partial charge >= 0.3 is 11.9 Å². The van der Waals surface area contributed by atoms with Crippen molar-refractivity contribution >= 4 is 29.4 Å². The minimum atomic E-state index is -1.57. The van der Waals surface area contributed by atoms with Gasteiger partial charge in [0.05, 0.1) is 37.7 Å². The van der Waals surface area contributed by atoms with E-state index < -0.39 is 66.2 Å². The first kappa shape index (κ1) is 34.6. The average molecular weight is 667 g/mol. The van der Waals surface area contributed by atoms with Gasteiger partial charge in [-0.1, -0.05) is 36.4 Å². The van der Waals surface area contributed by atoms with Crippen LogP contribution in [0.3, 0.4) is 0 Å². The molecule has 11 nitrogen and oxygen atoms in total. The summed E-state index contributed by atoms with van der Waals surface area (Å²) < 4.78 is 38.2. The third-order valence-electron chi connectivity index (χ3n) is 8.77. The molecule has 2 amide bonds. The number of carbonyl (C=O) groups is 4. The Balaban J connectivity index is 1.22. The molecule has 0 bridgehead atoms. The number of carbonyl (C=O) groups excluding carboxylic acids is 2. The van der Waals surface area contributed by atoms with Crippen molar-refractivity contribution in [1.82, 2.24) is 5.32 Å². The van der Waals surface area contributed by atoms with Crippen LogP contribution in [0.4, 0.5) is 14.5 Å². The van der Waals surface area contributed by atoms with Crippen molar-refractivity contribution in [2.24, 2.45) is 5.92 Å². The maximum Gasteiger partial charge on any atom is 0.326 e. The van der Waals surface area contributed by atoms with Crippen LogP contribution in [0.5, 0.6) is 0 Å². The van der Waals surface area contributed by atoms with Gasteiger partial charge in [0.1, 0.15) is 29.9 Å². The van der Waals surface area contributed by atoms with Gasteiger partial charge in [-0.15, -0.1) is 0 Å². The van der Waals surface area contributed by atoms with E-state index in [2.05, 4.69) is 5.32 Å². The monoisotopic (exact) mass is 666 g/mol. The number of rotatable bonds is 16. The van der Waals surface area contributed by atoms with Crippen molar-refractivity contribution < 1.29 is 52.8 Å². The standard InChI is InChI=1S/C35H36F2N2O9/c36-24-7-5-22(6-8-24)29(40)14-13-27-32(39(33(27)44)26-11-9-25(37)10-12-26)23-3-1-21(2-4-23)15-16-35(19-47-20-35)48-18-30(41)38-28(34(45)46)17-31(42)43/h1-12,27-29,32,40H,13-20H2,(H,38,41)(H,42,43)(H,45,46)/t27-,28?,29?,32-/m1/s1. The van der Waals surface area contributed by atoms with E-state index in [0.717, 1.165) is 11.1 Å². The lowest BCUT2D eigenvalue weighted by Gasteiger charge is -2.48. The van der Waals surface area contributed by atoms with Gasteiger partial charge in [-0.05, 0) is 78.8 Å². The summed E-state index contributed by atoms with van der Waals surface area (Å²) in [4.78, 5) is 49.4. The zero-order valence-corrected chi connectivity index (χ0v) is 25.9. The molecule has 0 aliphatic carbocycles. The van der Waals surface area contributed by atoms with E-state index in [1.165, 1.54) is 36.4 Å². The average Bonchev–Trinajstić information content (AvgIpc) is 3.04. The van der Waals surface area contributed by atoms with Crippen molar-refractivity contribution in [2.45, 2.75) is 55.9 Å². The quantitative estimate of drug-likeness (QED) is 0.166. The van der Waals surface area contributed by atoms with E-state index in [0.29, 0.717) is 30.5 Å². The Labute approximate surface area is 275 Å². The minimum absolute atomic E-state index is 0.146. The molecule has 3 aromatic carbocycles. The molecule has 5 rings (SSSR count). The molecule has 254 valence electrons. The fraction of sp³-hybridized carbons (Fsp3) is 0.371. The number of aryl methyl sites for hydroxylation is 1. The third-order valence-corrected chi connectivity index (χ3v) is 8.77. The molecule has 0 radical (unpaired) electrons. The molecule has 13 heteroatoms. The number of ether oxygens (including phenoxy) is 2. The zero-order chi connectivity index (χ0) is 34.4. The highest BCUT2D eigenvalue weighted by molar-refractivity contribution is 6.03. The number of aliphatic hydroxyl groups excluding tert-OH is 1. The van der Waals surface area contributed by atoms with Crippen LogP contribution in [0.1, 0.15) is 54.5 Å². The molecule has 0 spiro atoms. The number of benzene rings is 3. The predicted molar refractivity (Wildman–Crippen MR) is 167 cm³/mol. The molecule has 4 atom stereocenters. The number of hydrogen-bond acceptors (Lipinski definition) is 7. The van der Waals surface area contributed by atoms with E-state index >= 15 is 0 Å². The molecule has 4 N–H and O–H groups in total. The lowest BCUT2D eigenvalue weighted by atomic mass is 9.78. The van der Waals surface area contributed by atoms with Crippen LogP contribution in [0.2, 0.25) is 0 Å². The number of β-lactam (4-membered cyclic amide) rings is 1. The molecule has 2 aliphatic heterocycles. The fourth-order valence-corrected chi connectivity index (χ4v) is 6.00. The maximum absolute atomic E-state index is 13.7. The highest BCUT2D eigenvalue weighted by Crippen LogP contribution is 2.46. The maximum atomic E-state index is 13.7. The summed E-state index contributed by atoms with van der Waals surface area (Å²) in [5, 5.41) is 30.9. The number of amides is 2. The SMILES string of the molecule is O=C(O)CC(NC(=O)COC1(CCc2ccc([C@@H]3[C@@H](CCC(O)c4ccc(F)cc4)C(=O)N3c3ccc(F)cc3)cc2)COC1)C(=O)O. The van der Waals surface area contributed by atoms with Crippen LogP contribution in [-0.4, -0.2) is 70.5 Å². The first-order chi connectivity index (χ1) is 22.9. The largest absolute Gasteiger partial charge is 0.481 e. The number of aliphatic carboxylic acids is 2. The van der Waals surface area contributed by atoms with E-state index in [1.807, 2.05) is 24.3 Å². The van der Waals surface area contributed by atoms with Crippen molar-refractivity contribution in [1.29, 1.82) is 0 Å². The van der Waals surface area contributed by atoms with Crippen LogP contribution in [0, 0.1) is 17.6 Å². The number of anilines is 1. The van der Waals surface area contributed by atoms with Crippen molar-refractivity contribution in [3.8, 4) is 0 Å². The fourth-order valence-electron chi connectivity index (χ4n) is 6.00. The predicted octanol–water partition coefficient (Wildman–Crippen LogP) is 3.95. The van der Waals surface area contributed by atoms with Crippen LogP contribution in [0.15, 0.2) is 72.8 Å². The Kier molecular flexibility index (Phi) is 10.8. The molecule has 2 aliphatic rings. The Morgan fingerprint density at radius 3 is 2.15 bits per heavy atom. The molecule has 48 heavy (non-hydrogen) atoms. The number of aliphatic hydroxyl groups is 1. The molecular formula is C35H36F2N2O9. The van der Waals surface area contributed by atoms with Gasteiger partial charge < -0.3 is 35.0 Å². The topological polar surface area (TPSA) is 163 Å². The second-order valence-electron chi connectivity index (χ2n) is 12.1. The van der Waals surface area contributed by atoms with E-state index in [4.69, 9.17) is 19.7 Å². The molecule has 3 aromatic rings. The number of nitrogens with zero attached hydrogens (tertiary/aromatic N) is 1. The molecule has 0 aromatic heterocycles. The number of hydrogen-bond donors (Lipinski definition) is 4. The summed E-state index contributed by atoms with van der Waals surface area (Å²) in [6, 6.07) is 17.0. The van der Waals surface area contributed by atoms with Crippen LogP contribution in [-0.2, 0) is 35.1 Å². The lowest BCUT2D eigenvalue weighted by molar-refractivity contribution is -0.212. The molecule has 2 heterocycles. The van der Waals surface area contributed by atoms with Crippen LogP contribution >= 0.6 is 0 Å². The summed E-state index contributed by atoms with van der Waals surface area (Å²) >= 11 is 0. The van der Waals surface area contributed by atoms with Gasteiger partial charge in [-0.3, -0.25) is 14.4 Å². The Bertz CT molecular complexity index is 1610. The normalized spacial score (nSPS) is 19.5. The summed E-state index contributed by atoms with van der Waals surface area (Å²) in [6.07, 6.45) is 0.0671. The zero-order valence-electron chi connectivity index (χ0n) is 25.9. The first-order valence-corrected chi connectivity index (χ1v) is 15.5. The third kappa shape index (κ3) is 8.22. The van der Waals surface area contributed by atoms with Crippen LogP contribution < -0.4 is 10.2 Å². The second-order valence-corrected chi connectivity index (χ2v) is 12.1. The van der Waals surface area contributed by atoms with Crippen LogP contribution in [0.25, 0.3) is 0 Å². The van der Waals surface area contributed by atoms with Gasteiger partial charge in [0.2, 0.25) is 11.8 Å². The Morgan fingerprint density at radius 1 is 0.958 bits per heavy atom. The van der Waals surface area contributed by atoms with Crippen molar-refractivity contribution in [3.05, 3.63) is 101 Å². The minimum Gasteiger partial charge on any atom is -0.481 e. The van der Waals surface area contributed by atoms with E-state index in [-0.39, 0.29) is 31.6 Å². The highest BCUT2D eigenvalue weighted by Gasteiger charge is 2.48. The van der Waals surface area contributed by atoms with Crippen molar-refractivity contribution in [2.75, 3.05) is 24.7 Å². The van der Waals surface area contributed by atoms with Gasteiger partial charge in [-0.2, -0.15) is 0 Å². The summed E-state index contributed by atoms with van der Waals surface area (Å²) in [5.41, 5.74) is 2.15. The van der Waals surface area contributed by atoms with Gasteiger partial charge in [0.15, 0.2) is 0 Å². The van der Waals surface area contributed by atoms with Crippen molar-refractivity contribution in [3.63, 3.8) is 0 Å². The molecule has 0 saturated carbocycles. The summed E-state index contributed by atoms with van der Waals surface area (Å²) in [7, 11) is 0. The first-order valence-electron chi connectivity index (χ1n) is 15.5. The lowest BCUT2D eigenvalue weighted by Crippen LogP contribution is -2.55. The van der Waals surface area contributed by atoms with Gasteiger partial charge in [0, 0.05) is 5.69 Å². The summed E-state index contributed by atoms with van der Waals surface area (Å²) in [6.45, 7) is 0.00804.